The topological polar surface area (TPSA) is 77.9 Å². The van der Waals surface area contributed by atoms with E-state index in [4.69, 9.17) is 16.3 Å². The van der Waals surface area contributed by atoms with E-state index in [0.29, 0.717) is 16.3 Å². The molecular weight excluding hydrogens is 352 g/mol. The van der Waals surface area contributed by atoms with Gasteiger partial charge in [0, 0.05) is 23.0 Å². The molecule has 126 valence electrons. The predicted octanol–water partition coefficient (Wildman–Crippen LogP) is 3.96. The molecule has 6 nitrogen and oxygen atoms in total. The molecule has 2 aromatic heterocycles. The van der Waals surface area contributed by atoms with Crippen LogP contribution in [0.25, 0.3) is 22.3 Å². The molecule has 0 atom stereocenters. The first kappa shape index (κ1) is 16.1. The minimum Gasteiger partial charge on any atom is -0.402 e. The van der Waals surface area contributed by atoms with Crippen LogP contribution >= 0.6 is 11.6 Å². The van der Waals surface area contributed by atoms with Crippen molar-refractivity contribution in [1.82, 2.24) is 19.9 Å². The average molecular weight is 363 g/mol. The molecule has 0 unspecified atom stereocenters. The number of nitrogens with zero attached hydrogens (tertiary/aromatic N) is 4. The highest BCUT2D eigenvalue weighted by atomic mass is 35.5. The maximum absolute atomic E-state index is 12.1. The minimum absolute atomic E-state index is 0.153. The number of aromatic nitrogens is 4. The Morgan fingerprint density at radius 2 is 1.77 bits per heavy atom. The third-order valence-corrected chi connectivity index (χ3v) is 3.89. The monoisotopic (exact) mass is 362 g/mol. The van der Waals surface area contributed by atoms with Gasteiger partial charge in [0.25, 0.3) is 0 Å². The predicted molar refractivity (Wildman–Crippen MR) is 97.0 cm³/mol. The second-order valence-corrected chi connectivity index (χ2v) is 5.84. The first-order valence-electron chi connectivity index (χ1n) is 7.70. The SMILES string of the molecule is O=C(Oc1cnccn1)c1ccc(-c2cnc3cc(Cl)ccc3n2)cc1. The van der Waals surface area contributed by atoms with Gasteiger partial charge in [-0.1, -0.05) is 23.7 Å². The van der Waals surface area contributed by atoms with Crippen molar-refractivity contribution in [2.24, 2.45) is 0 Å². The van der Waals surface area contributed by atoms with Gasteiger partial charge in [-0.2, -0.15) is 0 Å². The molecule has 0 aliphatic heterocycles. The summed E-state index contributed by atoms with van der Waals surface area (Å²) >= 11 is 5.96. The Hall–Kier alpha value is -3.38. The lowest BCUT2D eigenvalue weighted by Crippen LogP contribution is -2.09. The molecule has 0 radical (unpaired) electrons. The van der Waals surface area contributed by atoms with Crippen LogP contribution in [0.1, 0.15) is 10.4 Å². The molecular formula is C19H11ClN4O2. The number of fused-ring (bicyclic) bond motifs is 1. The summed E-state index contributed by atoms with van der Waals surface area (Å²) in [4.78, 5) is 28.9. The van der Waals surface area contributed by atoms with E-state index >= 15 is 0 Å². The molecule has 0 saturated heterocycles. The van der Waals surface area contributed by atoms with E-state index in [9.17, 15) is 4.79 Å². The number of hydrogen-bond acceptors (Lipinski definition) is 6. The lowest BCUT2D eigenvalue weighted by molar-refractivity contribution is 0.0727. The van der Waals surface area contributed by atoms with E-state index in [1.165, 1.54) is 18.6 Å². The second kappa shape index (κ2) is 6.85. The number of carbonyl (C=O) groups excluding carboxylic acids is 1. The molecule has 0 spiro atoms. The van der Waals surface area contributed by atoms with Gasteiger partial charge in [0.1, 0.15) is 0 Å². The van der Waals surface area contributed by atoms with Crippen LogP contribution in [0.15, 0.2) is 67.3 Å². The number of hydrogen-bond donors (Lipinski definition) is 0. The van der Waals surface area contributed by atoms with E-state index in [1.807, 2.05) is 6.07 Å². The average Bonchev–Trinajstić information content (AvgIpc) is 2.68. The zero-order valence-electron chi connectivity index (χ0n) is 13.3. The molecule has 0 bridgehead atoms. The Morgan fingerprint density at radius 1 is 0.923 bits per heavy atom. The Kier molecular flexibility index (Phi) is 4.25. The van der Waals surface area contributed by atoms with Gasteiger partial charge in [0.15, 0.2) is 0 Å². The number of benzene rings is 2. The maximum Gasteiger partial charge on any atom is 0.344 e. The van der Waals surface area contributed by atoms with Gasteiger partial charge in [-0.3, -0.25) is 9.97 Å². The summed E-state index contributed by atoms with van der Waals surface area (Å²) in [6.45, 7) is 0. The number of halogens is 1. The van der Waals surface area contributed by atoms with Gasteiger partial charge >= 0.3 is 5.97 Å². The molecule has 0 amide bonds. The van der Waals surface area contributed by atoms with Crippen molar-refractivity contribution in [2.45, 2.75) is 0 Å². The van der Waals surface area contributed by atoms with Crippen LogP contribution in [0, 0.1) is 0 Å². The molecule has 0 saturated carbocycles. The molecule has 0 aliphatic rings. The van der Waals surface area contributed by atoms with E-state index in [2.05, 4.69) is 19.9 Å². The van der Waals surface area contributed by atoms with Crippen LogP contribution in [-0.2, 0) is 0 Å². The summed E-state index contributed by atoms with van der Waals surface area (Å²) in [7, 11) is 0. The van der Waals surface area contributed by atoms with Crippen LogP contribution < -0.4 is 4.74 Å². The van der Waals surface area contributed by atoms with Crippen molar-refractivity contribution < 1.29 is 9.53 Å². The minimum atomic E-state index is -0.503. The highest BCUT2D eigenvalue weighted by Crippen LogP contribution is 2.22. The first-order valence-corrected chi connectivity index (χ1v) is 8.08. The molecule has 2 aromatic carbocycles. The van der Waals surface area contributed by atoms with Crippen LogP contribution in [0.5, 0.6) is 5.88 Å². The number of ether oxygens (including phenoxy) is 1. The summed E-state index contributed by atoms with van der Waals surface area (Å²) in [6, 6.07) is 12.3. The second-order valence-electron chi connectivity index (χ2n) is 5.40. The lowest BCUT2D eigenvalue weighted by Gasteiger charge is -2.05. The van der Waals surface area contributed by atoms with Crippen LogP contribution in [0.3, 0.4) is 0 Å². The quantitative estimate of drug-likeness (QED) is 0.513. The van der Waals surface area contributed by atoms with Gasteiger partial charge in [0.05, 0.1) is 34.7 Å². The standard InChI is InChI=1S/C19H11ClN4O2/c20-14-5-6-15-16(9-14)23-10-17(24-15)12-1-3-13(4-2-12)19(25)26-18-11-21-7-8-22-18/h1-11H. The van der Waals surface area contributed by atoms with Crippen molar-refractivity contribution in [3.05, 3.63) is 77.8 Å². The van der Waals surface area contributed by atoms with Crippen molar-refractivity contribution >= 4 is 28.6 Å². The van der Waals surface area contributed by atoms with Crippen LogP contribution in [-0.4, -0.2) is 25.9 Å². The molecule has 0 N–H and O–H groups in total. The van der Waals surface area contributed by atoms with Crippen molar-refractivity contribution in [3.8, 4) is 17.1 Å². The van der Waals surface area contributed by atoms with E-state index in [1.54, 1.807) is 42.6 Å². The van der Waals surface area contributed by atoms with Gasteiger partial charge in [0.2, 0.25) is 5.88 Å². The summed E-state index contributed by atoms with van der Waals surface area (Å²) in [5, 5.41) is 0.616. The maximum atomic E-state index is 12.1. The van der Waals surface area contributed by atoms with Crippen LogP contribution in [0.4, 0.5) is 0 Å². The van der Waals surface area contributed by atoms with Gasteiger partial charge in [-0.05, 0) is 30.3 Å². The molecule has 0 fully saturated rings. The van der Waals surface area contributed by atoms with Crippen LogP contribution in [0.2, 0.25) is 5.02 Å². The van der Waals surface area contributed by atoms with E-state index in [-0.39, 0.29) is 5.88 Å². The zero-order valence-corrected chi connectivity index (χ0v) is 14.1. The summed E-state index contributed by atoms with van der Waals surface area (Å²) in [6.07, 6.45) is 6.01. The van der Waals surface area contributed by atoms with E-state index in [0.717, 1.165) is 16.6 Å². The number of carbonyl (C=O) groups is 1. The number of esters is 1. The van der Waals surface area contributed by atoms with Crippen molar-refractivity contribution in [1.29, 1.82) is 0 Å². The van der Waals surface area contributed by atoms with Crippen molar-refractivity contribution in [3.63, 3.8) is 0 Å². The fourth-order valence-electron chi connectivity index (χ4n) is 2.39. The third kappa shape index (κ3) is 3.36. The fourth-order valence-corrected chi connectivity index (χ4v) is 2.56. The third-order valence-electron chi connectivity index (χ3n) is 3.66. The molecule has 4 aromatic rings. The first-order chi connectivity index (χ1) is 12.7. The van der Waals surface area contributed by atoms with Gasteiger partial charge in [-0.15, -0.1) is 0 Å². The summed E-state index contributed by atoms with van der Waals surface area (Å²) < 4.78 is 5.16. The number of rotatable bonds is 3. The normalized spacial score (nSPS) is 10.7. The molecule has 7 heteroatoms. The Morgan fingerprint density at radius 3 is 2.54 bits per heavy atom. The highest BCUT2D eigenvalue weighted by Gasteiger charge is 2.10. The smallest absolute Gasteiger partial charge is 0.344 e. The largest absolute Gasteiger partial charge is 0.402 e. The van der Waals surface area contributed by atoms with Gasteiger partial charge < -0.3 is 4.74 Å². The Balaban J connectivity index is 1.57. The zero-order chi connectivity index (χ0) is 17.9. The lowest BCUT2D eigenvalue weighted by atomic mass is 10.1. The molecule has 26 heavy (non-hydrogen) atoms. The molecule has 4 rings (SSSR count). The van der Waals surface area contributed by atoms with Crippen molar-refractivity contribution in [2.75, 3.05) is 0 Å². The van der Waals surface area contributed by atoms with Gasteiger partial charge in [-0.25, -0.2) is 14.8 Å². The Bertz CT molecular complexity index is 1090. The summed E-state index contributed by atoms with van der Waals surface area (Å²) in [5.74, 6) is -0.350. The van der Waals surface area contributed by atoms with E-state index < -0.39 is 5.97 Å². The fraction of sp³-hybridized carbons (Fsp3) is 0. The molecule has 0 aliphatic carbocycles. The highest BCUT2D eigenvalue weighted by molar-refractivity contribution is 6.31. The Labute approximate surface area is 153 Å². The summed E-state index contributed by atoms with van der Waals surface area (Å²) in [5.41, 5.74) is 3.42. The molecule has 2 heterocycles.